The number of hydrogen-bond donors (Lipinski definition) is 1. The van der Waals surface area contributed by atoms with Crippen LogP contribution < -0.4 is 16.0 Å². The Morgan fingerprint density at radius 2 is 1.88 bits per heavy atom. The maximum atomic E-state index is 14.4. The number of alkyl halides is 5. The van der Waals surface area contributed by atoms with E-state index in [-0.39, 0.29) is 16.4 Å². The molecule has 2 aromatic rings. The summed E-state index contributed by atoms with van der Waals surface area (Å²) in [6.07, 6.45) is -4.87. The van der Waals surface area contributed by atoms with E-state index in [0.717, 1.165) is 7.11 Å². The van der Waals surface area contributed by atoms with E-state index in [2.05, 4.69) is 0 Å². The third-order valence-corrected chi connectivity index (χ3v) is 4.08. The Labute approximate surface area is 178 Å². The zero-order chi connectivity index (χ0) is 24.4. The molecular formula is C17H11ClF6N2O6. The van der Waals surface area contributed by atoms with E-state index in [4.69, 9.17) is 26.2 Å². The van der Waals surface area contributed by atoms with Gasteiger partial charge in [0.2, 0.25) is 0 Å². The maximum absolute atomic E-state index is 14.4. The fraction of sp³-hybridized carbons (Fsp3) is 0.235. The zero-order valence-corrected chi connectivity index (χ0v) is 16.4. The van der Waals surface area contributed by atoms with Crippen molar-refractivity contribution in [3.05, 3.63) is 67.4 Å². The SMILES string of the molecule is CO/C(=C\C(=O)O)COc1cc(-n2c(=O)cc(C(F)(F)F)n(C(F)F)c2=O)c(F)cc1Cl. The number of carboxylic acids is 1. The van der Waals surface area contributed by atoms with E-state index in [1.165, 1.54) is 0 Å². The third kappa shape index (κ3) is 5.25. The molecule has 0 bridgehead atoms. The second kappa shape index (κ2) is 9.38. The lowest BCUT2D eigenvalue weighted by atomic mass is 10.2. The third-order valence-electron chi connectivity index (χ3n) is 3.78. The number of aliphatic carboxylic acids is 1. The Balaban J connectivity index is 2.68. The molecule has 32 heavy (non-hydrogen) atoms. The fourth-order valence-corrected chi connectivity index (χ4v) is 2.64. The van der Waals surface area contributed by atoms with Crippen LogP contribution in [-0.2, 0) is 15.7 Å². The van der Waals surface area contributed by atoms with E-state index < -0.39 is 69.1 Å². The van der Waals surface area contributed by atoms with Gasteiger partial charge in [0, 0.05) is 12.1 Å². The molecule has 0 aliphatic carbocycles. The molecule has 1 heterocycles. The van der Waals surface area contributed by atoms with Gasteiger partial charge < -0.3 is 14.6 Å². The Morgan fingerprint density at radius 3 is 2.38 bits per heavy atom. The van der Waals surface area contributed by atoms with Crippen LogP contribution in [0.4, 0.5) is 26.3 Å². The van der Waals surface area contributed by atoms with Crippen molar-refractivity contribution in [1.29, 1.82) is 0 Å². The monoisotopic (exact) mass is 488 g/mol. The molecule has 1 aromatic carbocycles. The first-order chi connectivity index (χ1) is 14.8. The van der Waals surface area contributed by atoms with E-state index in [1.54, 1.807) is 0 Å². The first kappa shape index (κ1) is 24.8. The summed E-state index contributed by atoms with van der Waals surface area (Å²) in [6.45, 7) is -4.60. The van der Waals surface area contributed by atoms with Gasteiger partial charge in [-0.2, -0.15) is 22.0 Å². The molecular weight excluding hydrogens is 478 g/mol. The number of hydrogen-bond acceptors (Lipinski definition) is 5. The first-order valence-electron chi connectivity index (χ1n) is 8.11. The Morgan fingerprint density at radius 1 is 1.25 bits per heavy atom. The van der Waals surface area contributed by atoms with Crippen molar-refractivity contribution in [2.24, 2.45) is 0 Å². The van der Waals surface area contributed by atoms with Gasteiger partial charge in [-0.15, -0.1) is 0 Å². The Kier molecular flexibility index (Phi) is 7.28. The molecule has 174 valence electrons. The molecule has 0 aliphatic rings. The summed E-state index contributed by atoms with van der Waals surface area (Å²) in [7, 11) is 1.10. The maximum Gasteiger partial charge on any atom is 0.431 e. The molecule has 2 rings (SSSR count). The molecule has 0 saturated heterocycles. The highest BCUT2D eigenvalue weighted by atomic mass is 35.5. The zero-order valence-electron chi connectivity index (χ0n) is 15.6. The molecule has 0 radical (unpaired) electrons. The standard InChI is InChI=1S/C17H11ClF6N2O6/c1-31-7(2-14(28)29)6-32-11-4-10(9(19)3-8(11)18)25-13(27)5-12(17(22,23)24)26(15(20)21)16(25)30/h2-5,15H,6H2,1H3,(H,28,29)/b7-2-. The van der Waals surface area contributed by atoms with E-state index in [1.807, 2.05) is 0 Å². The predicted molar refractivity (Wildman–Crippen MR) is 95.7 cm³/mol. The molecule has 0 saturated carbocycles. The van der Waals surface area contributed by atoms with Crippen molar-refractivity contribution in [1.82, 2.24) is 9.13 Å². The molecule has 0 amide bonds. The second-order valence-electron chi connectivity index (χ2n) is 5.81. The molecule has 0 unspecified atom stereocenters. The fourth-order valence-electron chi connectivity index (χ4n) is 2.43. The topological polar surface area (TPSA) is 99.8 Å². The molecule has 8 nitrogen and oxygen atoms in total. The van der Waals surface area contributed by atoms with Gasteiger partial charge >= 0.3 is 24.4 Å². The summed E-state index contributed by atoms with van der Waals surface area (Å²) in [5.74, 6) is -3.53. The summed E-state index contributed by atoms with van der Waals surface area (Å²) in [5, 5.41) is 8.25. The summed E-state index contributed by atoms with van der Waals surface area (Å²) in [6, 6.07) is 0.814. The van der Waals surface area contributed by atoms with Gasteiger partial charge in [0.25, 0.3) is 5.56 Å². The number of carboxylic acid groups (broad SMARTS) is 1. The van der Waals surface area contributed by atoms with E-state index in [0.29, 0.717) is 18.2 Å². The molecule has 0 aliphatic heterocycles. The van der Waals surface area contributed by atoms with Crippen molar-refractivity contribution in [3.8, 4) is 11.4 Å². The highest BCUT2D eigenvalue weighted by Crippen LogP contribution is 2.31. The van der Waals surface area contributed by atoms with Crippen LogP contribution in [0.1, 0.15) is 12.2 Å². The van der Waals surface area contributed by atoms with Gasteiger partial charge in [0.1, 0.15) is 29.6 Å². The van der Waals surface area contributed by atoms with Crippen LogP contribution in [0.5, 0.6) is 5.75 Å². The number of ether oxygens (including phenoxy) is 2. The molecule has 0 spiro atoms. The second-order valence-corrected chi connectivity index (χ2v) is 6.21. The lowest BCUT2D eigenvalue weighted by Crippen LogP contribution is -2.42. The number of halogens is 7. The van der Waals surface area contributed by atoms with Crippen LogP contribution >= 0.6 is 11.6 Å². The molecule has 0 atom stereocenters. The summed E-state index contributed by atoms with van der Waals surface area (Å²) in [5.41, 5.74) is -7.19. The lowest BCUT2D eigenvalue weighted by Gasteiger charge is -2.17. The number of methoxy groups -OCH3 is 1. The minimum Gasteiger partial charge on any atom is -0.497 e. The molecule has 1 N–H and O–H groups in total. The number of carbonyl (C=O) groups is 1. The quantitative estimate of drug-likeness (QED) is 0.365. The predicted octanol–water partition coefficient (Wildman–Crippen LogP) is 3.20. The normalized spacial score (nSPS) is 12.2. The van der Waals surface area contributed by atoms with Crippen LogP contribution in [0.2, 0.25) is 5.02 Å². The molecule has 15 heteroatoms. The van der Waals surface area contributed by atoms with Crippen molar-refractivity contribution in [2.75, 3.05) is 13.7 Å². The van der Waals surface area contributed by atoms with Crippen LogP contribution in [0.3, 0.4) is 0 Å². The highest BCUT2D eigenvalue weighted by Gasteiger charge is 2.38. The highest BCUT2D eigenvalue weighted by molar-refractivity contribution is 6.32. The van der Waals surface area contributed by atoms with Gasteiger partial charge in [-0.25, -0.2) is 23.1 Å². The van der Waals surface area contributed by atoms with Gasteiger partial charge in [0.05, 0.1) is 23.9 Å². The average Bonchev–Trinajstić information content (AvgIpc) is 2.65. The van der Waals surface area contributed by atoms with Crippen LogP contribution in [-0.4, -0.2) is 33.9 Å². The van der Waals surface area contributed by atoms with Crippen molar-refractivity contribution < 1.29 is 45.7 Å². The van der Waals surface area contributed by atoms with Crippen molar-refractivity contribution in [3.63, 3.8) is 0 Å². The Hall–Kier alpha value is -3.42. The number of rotatable bonds is 7. The lowest BCUT2D eigenvalue weighted by molar-refractivity contribution is -0.149. The van der Waals surface area contributed by atoms with Gasteiger partial charge in [-0.05, 0) is 6.07 Å². The summed E-state index contributed by atoms with van der Waals surface area (Å²) >= 11 is 5.79. The van der Waals surface area contributed by atoms with E-state index in [9.17, 15) is 40.7 Å². The molecule has 0 fully saturated rings. The van der Waals surface area contributed by atoms with Crippen LogP contribution in [0.25, 0.3) is 5.69 Å². The van der Waals surface area contributed by atoms with Gasteiger partial charge in [-0.1, -0.05) is 11.6 Å². The number of nitrogens with zero attached hydrogens (tertiary/aromatic N) is 2. The van der Waals surface area contributed by atoms with Gasteiger partial charge in [0.15, 0.2) is 0 Å². The van der Waals surface area contributed by atoms with Crippen molar-refractivity contribution >= 4 is 17.6 Å². The van der Waals surface area contributed by atoms with Crippen LogP contribution in [0, 0.1) is 5.82 Å². The largest absolute Gasteiger partial charge is 0.497 e. The van der Waals surface area contributed by atoms with E-state index >= 15 is 0 Å². The number of aromatic nitrogens is 2. The Bertz CT molecular complexity index is 1190. The van der Waals surface area contributed by atoms with Gasteiger partial charge in [-0.3, -0.25) is 4.79 Å². The summed E-state index contributed by atoms with van der Waals surface area (Å²) in [4.78, 5) is 35.1. The number of benzene rings is 1. The summed E-state index contributed by atoms with van der Waals surface area (Å²) < 4.78 is 88.3. The van der Waals surface area contributed by atoms with Crippen molar-refractivity contribution in [2.45, 2.75) is 12.7 Å². The first-order valence-corrected chi connectivity index (χ1v) is 8.49. The minimum atomic E-state index is -5.48. The minimum absolute atomic E-state index is 0.244. The van der Waals surface area contributed by atoms with Crippen LogP contribution in [0.15, 0.2) is 39.6 Å². The molecule has 1 aromatic heterocycles. The smallest absolute Gasteiger partial charge is 0.431 e. The average molecular weight is 489 g/mol.